The molecule has 4 nitrogen and oxygen atoms in total. The molecule has 0 saturated heterocycles. The highest BCUT2D eigenvalue weighted by Gasteiger charge is 2.25. The molecule has 0 aliphatic carbocycles. The third kappa shape index (κ3) is 8.41. The number of hydrogen-bond donors (Lipinski definition) is 0. The minimum atomic E-state index is 1.09. The summed E-state index contributed by atoms with van der Waals surface area (Å²) in [7, 11) is 0. The zero-order valence-corrected chi connectivity index (χ0v) is 50.4. The van der Waals surface area contributed by atoms with Crippen molar-refractivity contribution < 1.29 is 0 Å². The Kier molecular flexibility index (Phi) is 12.3. The van der Waals surface area contributed by atoms with Crippen LogP contribution in [0.4, 0.5) is 34.1 Å². The van der Waals surface area contributed by atoms with Crippen molar-refractivity contribution >= 4 is 141 Å². The number of hydrogen-bond acceptors (Lipinski definition) is 4. The van der Waals surface area contributed by atoms with Crippen molar-refractivity contribution in [2.75, 3.05) is 9.80 Å². The maximum absolute atomic E-state index is 2.47. The van der Waals surface area contributed by atoms with Gasteiger partial charge in [-0.1, -0.05) is 206 Å². The molecule has 6 heteroatoms. The molecule has 14 aromatic carbocycles. The average molecular weight is 1180 g/mol. The predicted molar refractivity (Wildman–Crippen MR) is 387 cm³/mol. The van der Waals surface area contributed by atoms with Gasteiger partial charge in [0.05, 0.1) is 38.1 Å². The minimum absolute atomic E-state index is 1.09. The van der Waals surface area contributed by atoms with E-state index >= 15 is 0 Å². The van der Waals surface area contributed by atoms with Crippen LogP contribution in [0.3, 0.4) is 0 Å². The second kappa shape index (κ2) is 21.3. The SMILES string of the molecule is c1ccc(-c2cccc3c2c2ccc(N(c4ccccc4)c4cccc5c4sc4ccccc45)cc2n3-c2ccc(-c3cccc(-c4cccc5c4c4ccc(N(c6ccccc6)c6cccc7sc8ccccc8c67)cc4n5-c4ccccc4)c3)cc2)cc1. The van der Waals surface area contributed by atoms with E-state index in [0.29, 0.717) is 0 Å². The monoisotopic (exact) mass is 1180 g/mol. The van der Waals surface area contributed by atoms with E-state index in [4.69, 9.17) is 0 Å². The highest BCUT2D eigenvalue weighted by Crippen LogP contribution is 2.50. The van der Waals surface area contributed by atoms with Crippen molar-refractivity contribution in [1.82, 2.24) is 9.13 Å². The molecule has 0 amide bonds. The van der Waals surface area contributed by atoms with Gasteiger partial charge < -0.3 is 18.9 Å². The van der Waals surface area contributed by atoms with Gasteiger partial charge in [0.25, 0.3) is 0 Å². The molecule has 90 heavy (non-hydrogen) atoms. The molecule has 18 rings (SSSR count). The summed E-state index contributed by atoms with van der Waals surface area (Å²) in [5, 5.41) is 9.96. The lowest BCUT2D eigenvalue weighted by Gasteiger charge is -2.26. The standard InChI is InChI=1S/C84H54N4S2/c1-5-22-56(23-6-1)65-34-18-37-72-81(65)69-51-49-64(86(60-28-9-3-10-29-60)75-40-20-36-68-67-32-13-15-41-78(67)90-84(68)75)54-77(69)88(72)62-46-44-55(45-47-62)57-24-17-25-58(52-57)66-35-19-38-73-82(66)70-50-48-63(53-76(70)87(73)61-30-11-4-12-31-61)85(59-26-7-2-8-27-59)74-39-21-43-80-83(74)71-33-14-16-42-79(71)89-80/h1-54H. The summed E-state index contributed by atoms with van der Waals surface area (Å²) in [5.41, 5.74) is 20.6. The molecule has 4 heterocycles. The molecular formula is C84H54N4S2. The fraction of sp³-hybridized carbons (Fsp3) is 0. The molecule has 0 atom stereocenters. The Bertz CT molecular complexity index is 5780. The van der Waals surface area contributed by atoms with Crippen LogP contribution < -0.4 is 9.80 Å². The topological polar surface area (TPSA) is 16.3 Å². The number of benzene rings is 14. The molecule has 4 aromatic heterocycles. The zero-order valence-electron chi connectivity index (χ0n) is 48.8. The minimum Gasteiger partial charge on any atom is -0.310 e. The van der Waals surface area contributed by atoms with E-state index in [1.165, 1.54) is 78.6 Å². The molecule has 18 aromatic rings. The van der Waals surface area contributed by atoms with Gasteiger partial charge in [0.2, 0.25) is 0 Å². The van der Waals surface area contributed by atoms with Crippen molar-refractivity contribution in [2.45, 2.75) is 0 Å². The Labute approximate surface area is 528 Å². The number of aromatic nitrogens is 2. The molecule has 0 aliphatic heterocycles. The average Bonchev–Trinajstić information content (AvgIpc) is 1.60. The Morgan fingerprint density at radius 1 is 0.233 bits per heavy atom. The zero-order chi connectivity index (χ0) is 59.2. The van der Waals surface area contributed by atoms with E-state index in [0.717, 1.165) is 84.3 Å². The summed E-state index contributed by atoms with van der Waals surface area (Å²) in [6.45, 7) is 0. The van der Waals surface area contributed by atoms with Crippen LogP contribution in [0.15, 0.2) is 328 Å². The Balaban J connectivity index is 0.772. The van der Waals surface area contributed by atoms with Crippen LogP contribution in [-0.4, -0.2) is 9.13 Å². The first-order valence-electron chi connectivity index (χ1n) is 30.6. The van der Waals surface area contributed by atoms with Gasteiger partial charge in [0, 0.05) is 91.3 Å². The summed E-state index contributed by atoms with van der Waals surface area (Å²) in [4.78, 5) is 4.89. The number of nitrogens with zero attached hydrogens (tertiary/aromatic N) is 4. The highest BCUT2D eigenvalue weighted by molar-refractivity contribution is 7.26. The van der Waals surface area contributed by atoms with Crippen LogP contribution >= 0.6 is 22.7 Å². The van der Waals surface area contributed by atoms with Gasteiger partial charge in [-0.05, 0) is 155 Å². The first-order valence-corrected chi connectivity index (χ1v) is 32.3. The summed E-state index contributed by atoms with van der Waals surface area (Å²) in [6, 6.07) is 120. The summed E-state index contributed by atoms with van der Waals surface area (Å²) < 4.78 is 10.0. The molecule has 0 aliphatic rings. The quantitative estimate of drug-likeness (QED) is 0.128. The molecular weight excluding hydrogens is 1130 g/mol. The van der Waals surface area contributed by atoms with Gasteiger partial charge in [-0.2, -0.15) is 0 Å². The van der Waals surface area contributed by atoms with E-state index in [1.54, 1.807) is 0 Å². The molecule has 0 radical (unpaired) electrons. The number of fused-ring (bicyclic) bond motifs is 12. The molecule has 0 spiro atoms. The predicted octanol–water partition coefficient (Wildman–Crippen LogP) is 24.6. The van der Waals surface area contributed by atoms with E-state index in [2.05, 4.69) is 347 Å². The van der Waals surface area contributed by atoms with Crippen molar-refractivity contribution in [3.63, 3.8) is 0 Å². The molecule has 0 saturated carbocycles. The van der Waals surface area contributed by atoms with E-state index < -0.39 is 0 Å². The van der Waals surface area contributed by atoms with Crippen LogP contribution in [0, 0.1) is 0 Å². The number of anilines is 6. The fourth-order valence-corrected chi connectivity index (χ4v) is 16.5. The second-order valence-corrected chi connectivity index (χ2v) is 25.3. The van der Waals surface area contributed by atoms with Crippen LogP contribution in [0.1, 0.15) is 0 Å². The van der Waals surface area contributed by atoms with Gasteiger partial charge in [-0.25, -0.2) is 0 Å². The van der Waals surface area contributed by atoms with Crippen LogP contribution in [0.25, 0.3) is 129 Å². The Hall–Kier alpha value is -11.3. The van der Waals surface area contributed by atoms with Crippen LogP contribution in [0.5, 0.6) is 0 Å². The second-order valence-electron chi connectivity index (χ2n) is 23.1. The van der Waals surface area contributed by atoms with Gasteiger partial charge in [-0.15, -0.1) is 22.7 Å². The van der Waals surface area contributed by atoms with Crippen molar-refractivity contribution in [3.8, 4) is 44.8 Å². The van der Waals surface area contributed by atoms with Gasteiger partial charge in [0.1, 0.15) is 0 Å². The number of rotatable bonds is 11. The lowest BCUT2D eigenvalue weighted by molar-refractivity contribution is 1.18. The first kappa shape index (κ1) is 51.9. The fourth-order valence-electron chi connectivity index (χ4n) is 14.2. The maximum Gasteiger partial charge on any atom is 0.0640 e. The number of thiophene rings is 2. The van der Waals surface area contributed by atoms with E-state index in [-0.39, 0.29) is 0 Å². The van der Waals surface area contributed by atoms with Crippen molar-refractivity contribution in [1.29, 1.82) is 0 Å². The normalized spacial score (nSPS) is 11.8. The van der Waals surface area contributed by atoms with Gasteiger partial charge in [-0.3, -0.25) is 0 Å². The van der Waals surface area contributed by atoms with E-state index in [1.807, 2.05) is 22.7 Å². The Morgan fingerprint density at radius 3 is 1.36 bits per heavy atom. The summed E-state index contributed by atoms with van der Waals surface area (Å²) >= 11 is 3.72. The summed E-state index contributed by atoms with van der Waals surface area (Å²) in [6.07, 6.45) is 0. The van der Waals surface area contributed by atoms with Gasteiger partial charge in [0.15, 0.2) is 0 Å². The lowest BCUT2D eigenvalue weighted by Crippen LogP contribution is -2.10. The number of para-hydroxylation sites is 3. The third-order valence-corrected chi connectivity index (χ3v) is 20.4. The summed E-state index contributed by atoms with van der Waals surface area (Å²) in [5.74, 6) is 0. The molecule has 0 bridgehead atoms. The lowest BCUT2D eigenvalue weighted by atomic mass is 9.95. The molecule has 0 N–H and O–H groups in total. The molecule has 0 fully saturated rings. The maximum atomic E-state index is 2.47. The van der Waals surface area contributed by atoms with Crippen LogP contribution in [0.2, 0.25) is 0 Å². The molecule has 0 unspecified atom stereocenters. The van der Waals surface area contributed by atoms with Crippen LogP contribution in [-0.2, 0) is 0 Å². The molecule has 422 valence electrons. The first-order chi connectivity index (χ1) is 44.7. The largest absolute Gasteiger partial charge is 0.310 e. The Morgan fingerprint density at radius 2 is 0.700 bits per heavy atom. The third-order valence-electron chi connectivity index (χ3n) is 18.1. The van der Waals surface area contributed by atoms with Crippen molar-refractivity contribution in [3.05, 3.63) is 328 Å². The smallest absolute Gasteiger partial charge is 0.0640 e. The van der Waals surface area contributed by atoms with Gasteiger partial charge >= 0.3 is 0 Å². The highest BCUT2D eigenvalue weighted by atomic mass is 32.1. The van der Waals surface area contributed by atoms with E-state index in [9.17, 15) is 0 Å². The van der Waals surface area contributed by atoms with Crippen molar-refractivity contribution in [2.24, 2.45) is 0 Å².